The third-order valence-electron chi connectivity index (χ3n) is 6.09. The summed E-state index contributed by atoms with van der Waals surface area (Å²) in [7, 11) is -3.31. The van der Waals surface area contributed by atoms with Crippen LogP contribution in [0.1, 0.15) is 28.8 Å². The van der Waals surface area contributed by atoms with Crippen molar-refractivity contribution in [3.05, 3.63) is 66.0 Å². The van der Waals surface area contributed by atoms with Crippen LogP contribution in [0.25, 0.3) is 0 Å². The Kier molecular flexibility index (Phi) is 8.49. The maximum atomic E-state index is 13.1. The Labute approximate surface area is 201 Å². The number of sulfonamides is 1. The van der Waals surface area contributed by atoms with Gasteiger partial charge in [0.05, 0.1) is 10.8 Å². The largest absolute Gasteiger partial charge is 0.490 e. The average Bonchev–Trinajstić information content (AvgIpc) is 2.95. The van der Waals surface area contributed by atoms with Crippen LogP contribution in [0.5, 0.6) is 0 Å². The molecule has 2 saturated heterocycles. The molecule has 2 atom stereocenters. The molecule has 1 aromatic heterocycles. The lowest BCUT2D eigenvalue weighted by Gasteiger charge is -2.22. The Morgan fingerprint density at radius 3 is 2.31 bits per heavy atom. The lowest BCUT2D eigenvalue weighted by Crippen LogP contribution is -2.35. The number of hydrogen-bond acceptors (Lipinski definition) is 5. The highest BCUT2D eigenvalue weighted by atomic mass is 32.2. The SMILES string of the molecule is O=C(O)C(F)(F)F.O=C(c1cccnc1)N1CC[C@@H]2CN(CCc3ccccc3)S(=O)(=O)[C@@H]2CC1. The van der Waals surface area contributed by atoms with Gasteiger partial charge in [0.25, 0.3) is 5.91 Å². The number of nitrogens with zero attached hydrogens (tertiary/aromatic N) is 3. The second-order valence-electron chi connectivity index (χ2n) is 8.35. The van der Waals surface area contributed by atoms with Gasteiger partial charge in [0.1, 0.15) is 0 Å². The maximum Gasteiger partial charge on any atom is 0.490 e. The minimum absolute atomic E-state index is 0.0635. The van der Waals surface area contributed by atoms with E-state index >= 15 is 0 Å². The molecule has 8 nitrogen and oxygen atoms in total. The molecule has 0 aliphatic carbocycles. The van der Waals surface area contributed by atoms with Crippen LogP contribution in [0.3, 0.4) is 0 Å². The Morgan fingerprint density at radius 2 is 1.71 bits per heavy atom. The van der Waals surface area contributed by atoms with E-state index in [-0.39, 0.29) is 17.1 Å². The van der Waals surface area contributed by atoms with Crippen molar-refractivity contribution in [1.82, 2.24) is 14.2 Å². The van der Waals surface area contributed by atoms with E-state index in [1.807, 2.05) is 30.3 Å². The van der Waals surface area contributed by atoms with Gasteiger partial charge in [-0.05, 0) is 42.9 Å². The maximum absolute atomic E-state index is 13.1. The molecule has 2 aliphatic heterocycles. The van der Waals surface area contributed by atoms with Gasteiger partial charge < -0.3 is 10.0 Å². The first-order valence-corrected chi connectivity index (χ1v) is 12.5. The minimum Gasteiger partial charge on any atom is -0.475 e. The van der Waals surface area contributed by atoms with Crippen molar-refractivity contribution >= 4 is 21.9 Å². The number of carboxylic acid groups (broad SMARTS) is 1. The summed E-state index contributed by atoms with van der Waals surface area (Å²) in [6.45, 7) is 2.16. The molecule has 2 fully saturated rings. The number of carboxylic acids is 1. The number of hydrogen-bond donors (Lipinski definition) is 1. The number of halogens is 3. The standard InChI is InChI=1S/C21H25N3O3S.C2HF3O2/c25-21(18-7-4-11-22-15-18)23-12-9-19-16-24(28(26,27)20(19)10-13-23)14-8-17-5-2-1-3-6-17;3-2(4,5)1(6)7/h1-7,11,15,19-20H,8-10,12-14,16H2;(H,6,7)/t19-,20-;/m1./s1. The fourth-order valence-corrected chi connectivity index (χ4v) is 6.53. The topological polar surface area (TPSA) is 108 Å². The van der Waals surface area contributed by atoms with Crippen LogP contribution in [0, 0.1) is 5.92 Å². The molecule has 0 saturated carbocycles. The van der Waals surface area contributed by atoms with Crippen molar-refractivity contribution in [3.8, 4) is 0 Å². The highest BCUT2D eigenvalue weighted by Crippen LogP contribution is 2.34. The monoisotopic (exact) mass is 513 g/mol. The number of carbonyl (C=O) groups excluding carboxylic acids is 1. The Morgan fingerprint density at radius 1 is 1.06 bits per heavy atom. The van der Waals surface area contributed by atoms with E-state index in [1.165, 1.54) is 0 Å². The molecule has 1 amide bonds. The minimum atomic E-state index is -5.08. The van der Waals surface area contributed by atoms with Crippen molar-refractivity contribution < 1.29 is 36.3 Å². The van der Waals surface area contributed by atoms with Crippen molar-refractivity contribution in [3.63, 3.8) is 0 Å². The molecular formula is C23H26F3N3O5S. The predicted molar refractivity (Wildman–Crippen MR) is 121 cm³/mol. The van der Waals surface area contributed by atoms with E-state index in [1.54, 1.807) is 33.7 Å². The number of alkyl halides is 3. The molecule has 0 unspecified atom stereocenters. The fraction of sp³-hybridized carbons (Fsp3) is 0.435. The van der Waals surface area contributed by atoms with E-state index < -0.39 is 22.2 Å². The zero-order valence-corrected chi connectivity index (χ0v) is 19.6. The first kappa shape index (κ1) is 26.6. The van der Waals surface area contributed by atoms with Crippen molar-refractivity contribution in [2.45, 2.75) is 30.7 Å². The molecule has 1 aromatic carbocycles. The number of pyridine rings is 1. The van der Waals surface area contributed by atoms with Crippen LogP contribution in [0.2, 0.25) is 0 Å². The molecular weight excluding hydrogens is 487 g/mol. The van der Waals surface area contributed by atoms with Crippen LogP contribution < -0.4 is 0 Å². The van der Waals surface area contributed by atoms with Gasteiger partial charge in [0.15, 0.2) is 0 Å². The number of amides is 1. The molecule has 3 heterocycles. The summed E-state index contributed by atoms with van der Waals surface area (Å²) in [5.74, 6) is -2.73. The van der Waals surface area contributed by atoms with E-state index in [9.17, 15) is 26.4 Å². The summed E-state index contributed by atoms with van der Waals surface area (Å²) in [6.07, 6.45) is 0.0695. The summed E-state index contributed by atoms with van der Waals surface area (Å²) in [5.41, 5.74) is 1.71. The normalized spacial score (nSPS) is 21.9. The third kappa shape index (κ3) is 6.79. The summed E-state index contributed by atoms with van der Waals surface area (Å²) in [4.78, 5) is 27.4. The van der Waals surface area contributed by atoms with Gasteiger partial charge in [-0.15, -0.1) is 0 Å². The summed E-state index contributed by atoms with van der Waals surface area (Å²) >= 11 is 0. The Balaban J connectivity index is 0.000000429. The van der Waals surface area contributed by atoms with E-state index in [0.29, 0.717) is 38.2 Å². The molecule has 35 heavy (non-hydrogen) atoms. The van der Waals surface area contributed by atoms with Crippen LogP contribution in [-0.4, -0.2) is 77.2 Å². The van der Waals surface area contributed by atoms with Gasteiger partial charge in [0.2, 0.25) is 10.0 Å². The Bertz CT molecular complexity index is 1110. The average molecular weight is 514 g/mol. The molecule has 0 spiro atoms. The molecule has 2 aliphatic rings. The van der Waals surface area contributed by atoms with Gasteiger partial charge in [-0.1, -0.05) is 30.3 Å². The summed E-state index contributed by atoms with van der Waals surface area (Å²) in [6, 6.07) is 13.5. The number of fused-ring (bicyclic) bond motifs is 1. The van der Waals surface area contributed by atoms with Crippen LogP contribution in [-0.2, 0) is 21.2 Å². The van der Waals surface area contributed by atoms with Gasteiger partial charge >= 0.3 is 12.1 Å². The smallest absolute Gasteiger partial charge is 0.475 e. The van der Waals surface area contributed by atoms with E-state index in [0.717, 1.165) is 18.4 Å². The first-order valence-electron chi connectivity index (χ1n) is 11.0. The van der Waals surface area contributed by atoms with Gasteiger partial charge in [-0.3, -0.25) is 9.78 Å². The first-order chi connectivity index (χ1) is 16.5. The molecule has 4 rings (SSSR count). The van der Waals surface area contributed by atoms with Gasteiger partial charge in [-0.2, -0.15) is 13.2 Å². The molecule has 0 radical (unpaired) electrons. The lowest BCUT2D eigenvalue weighted by molar-refractivity contribution is -0.192. The molecule has 190 valence electrons. The van der Waals surface area contributed by atoms with Gasteiger partial charge in [-0.25, -0.2) is 17.5 Å². The Hall–Kier alpha value is -2.99. The second kappa shape index (κ2) is 11.2. The fourth-order valence-electron chi connectivity index (χ4n) is 4.29. The van der Waals surface area contributed by atoms with Crippen molar-refractivity contribution in [2.24, 2.45) is 5.92 Å². The molecule has 12 heteroatoms. The van der Waals surface area contributed by atoms with Crippen molar-refractivity contribution in [2.75, 3.05) is 26.2 Å². The van der Waals surface area contributed by atoms with Crippen molar-refractivity contribution in [1.29, 1.82) is 0 Å². The number of carbonyl (C=O) groups is 2. The van der Waals surface area contributed by atoms with Crippen LogP contribution in [0.4, 0.5) is 13.2 Å². The molecule has 2 aromatic rings. The number of aliphatic carboxylic acids is 1. The predicted octanol–water partition coefficient (Wildman–Crippen LogP) is 2.82. The van der Waals surface area contributed by atoms with Crippen LogP contribution >= 0.6 is 0 Å². The van der Waals surface area contributed by atoms with Crippen LogP contribution in [0.15, 0.2) is 54.9 Å². The number of likely N-dealkylation sites (tertiary alicyclic amines) is 1. The number of rotatable bonds is 4. The second-order valence-corrected chi connectivity index (χ2v) is 10.5. The highest BCUT2D eigenvalue weighted by Gasteiger charge is 2.47. The van der Waals surface area contributed by atoms with E-state index in [2.05, 4.69) is 4.98 Å². The van der Waals surface area contributed by atoms with E-state index in [4.69, 9.17) is 9.90 Å². The molecule has 0 bridgehead atoms. The molecule has 1 N–H and O–H groups in total. The van der Waals surface area contributed by atoms with Gasteiger partial charge in [0, 0.05) is 38.6 Å². The summed E-state index contributed by atoms with van der Waals surface area (Å²) in [5, 5.41) is 6.75. The zero-order chi connectivity index (χ0) is 25.6. The lowest BCUT2D eigenvalue weighted by atomic mass is 10.0. The quantitative estimate of drug-likeness (QED) is 0.674. The highest BCUT2D eigenvalue weighted by molar-refractivity contribution is 7.90. The number of benzene rings is 1. The number of aromatic nitrogens is 1. The summed E-state index contributed by atoms with van der Waals surface area (Å²) < 4.78 is 59.5. The third-order valence-corrected chi connectivity index (χ3v) is 8.53. The zero-order valence-electron chi connectivity index (χ0n) is 18.8.